The molecular formula is C28H26N4O3. The number of amides is 1. The van der Waals surface area contributed by atoms with Crippen molar-refractivity contribution in [2.75, 3.05) is 10.6 Å². The number of ether oxygens (including phenoxy) is 1. The Morgan fingerprint density at radius 2 is 1.54 bits per heavy atom. The lowest BCUT2D eigenvalue weighted by Crippen LogP contribution is -2.13. The van der Waals surface area contributed by atoms with Crippen molar-refractivity contribution in [1.82, 2.24) is 9.97 Å². The second-order valence-corrected chi connectivity index (χ2v) is 8.24. The largest absolute Gasteiger partial charge is 0.459 e. The SMILES string of the molecule is Cc1nc(Nc2cccc(C(=O)Nc3ccc(C(=O)OC(C)C)cc3)c2)cc(-c2ccccc2)n1. The first-order chi connectivity index (χ1) is 16.9. The molecule has 35 heavy (non-hydrogen) atoms. The fourth-order valence-electron chi connectivity index (χ4n) is 3.45. The van der Waals surface area contributed by atoms with Crippen LogP contribution >= 0.6 is 0 Å². The van der Waals surface area contributed by atoms with Crippen LogP contribution in [0, 0.1) is 6.92 Å². The molecule has 176 valence electrons. The summed E-state index contributed by atoms with van der Waals surface area (Å²) < 4.78 is 5.19. The number of benzene rings is 3. The fraction of sp³-hybridized carbons (Fsp3) is 0.143. The summed E-state index contributed by atoms with van der Waals surface area (Å²) in [5, 5.41) is 6.12. The Morgan fingerprint density at radius 3 is 2.26 bits per heavy atom. The molecule has 2 N–H and O–H groups in total. The molecule has 0 aliphatic heterocycles. The molecule has 1 amide bonds. The van der Waals surface area contributed by atoms with Gasteiger partial charge in [-0.2, -0.15) is 0 Å². The fourth-order valence-corrected chi connectivity index (χ4v) is 3.45. The first-order valence-corrected chi connectivity index (χ1v) is 11.3. The molecule has 0 bridgehead atoms. The zero-order valence-electron chi connectivity index (χ0n) is 19.8. The van der Waals surface area contributed by atoms with Gasteiger partial charge >= 0.3 is 5.97 Å². The van der Waals surface area contributed by atoms with Crippen LogP contribution in [-0.2, 0) is 4.74 Å². The van der Waals surface area contributed by atoms with Crippen molar-refractivity contribution in [2.45, 2.75) is 26.9 Å². The molecule has 0 fully saturated rings. The van der Waals surface area contributed by atoms with E-state index >= 15 is 0 Å². The van der Waals surface area contributed by atoms with Crippen LogP contribution in [0.5, 0.6) is 0 Å². The normalized spacial score (nSPS) is 10.6. The van der Waals surface area contributed by atoms with E-state index in [2.05, 4.69) is 20.6 Å². The average Bonchev–Trinajstić information content (AvgIpc) is 2.84. The number of aromatic nitrogens is 2. The second kappa shape index (κ2) is 10.6. The molecule has 4 rings (SSSR count). The first kappa shape index (κ1) is 23.6. The molecule has 0 aliphatic rings. The molecule has 7 heteroatoms. The van der Waals surface area contributed by atoms with Crippen LogP contribution in [0.1, 0.15) is 40.4 Å². The highest BCUT2D eigenvalue weighted by atomic mass is 16.5. The number of carbonyl (C=O) groups is 2. The summed E-state index contributed by atoms with van der Waals surface area (Å²) in [6, 6.07) is 25.5. The van der Waals surface area contributed by atoms with Crippen molar-refractivity contribution >= 4 is 29.1 Å². The van der Waals surface area contributed by atoms with Gasteiger partial charge < -0.3 is 15.4 Å². The summed E-state index contributed by atoms with van der Waals surface area (Å²) in [5.41, 5.74) is 4.02. The van der Waals surface area contributed by atoms with Crippen LogP contribution in [0.15, 0.2) is 84.9 Å². The van der Waals surface area contributed by atoms with Gasteiger partial charge in [0, 0.05) is 28.6 Å². The van der Waals surface area contributed by atoms with Gasteiger partial charge in [0.1, 0.15) is 11.6 Å². The number of aryl methyl sites for hydroxylation is 1. The number of carbonyl (C=O) groups excluding carboxylic acids is 2. The van der Waals surface area contributed by atoms with Crippen molar-refractivity contribution in [1.29, 1.82) is 0 Å². The lowest BCUT2D eigenvalue weighted by Gasteiger charge is -2.11. The number of nitrogens with one attached hydrogen (secondary N) is 2. The van der Waals surface area contributed by atoms with Gasteiger partial charge in [-0.3, -0.25) is 4.79 Å². The molecule has 0 saturated heterocycles. The summed E-state index contributed by atoms with van der Waals surface area (Å²) in [7, 11) is 0. The highest BCUT2D eigenvalue weighted by molar-refractivity contribution is 6.05. The van der Waals surface area contributed by atoms with Crippen molar-refractivity contribution in [3.05, 3.63) is 102 Å². The van der Waals surface area contributed by atoms with Crippen LogP contribution in [0.3, 0.4) is 0 Å². The smallest absolute Gasteiger partial charge is 0.338 e. The lowest BCUT2D eigenvalue weighted by atomic mass is 10.1. The molecule has 7 nitrogen and oxygen atoms in total. The van der Waals surface area contributed by atoms with Crippen molar-refractivity contribution in [2.24, 2.45) is 0 Å². The van der Waals surface area contributed by atoms with Gasteiger partial charge in [-0.05, 0) is 63.2 Å². The molecule has 1 aromatic heterocycles. The minimum absolute atomic E-state index is 0.195. The van der Waals surface area contributed by atoms with Gasteiger partial charge in [-0.15, -0.1) is 0 Å². The van der Waals surface area contributed by atoms with Crippen molar-refractivity contribution in [3.8, 4) is 11.3 Å². The summed E-state index contributed by atoms with van der Waals surface area (Å²) >= 11 is 0. The lowest BCUT2D eigenvalue weighted by molar-refractivity contribution is 0.0378. The molecule has 0 aliphatic carbocycles. The third-order valence-electron chi connectivity index (χ3n) is 5.03. The van der Waals surface area contributed by atoms with Gasteiger partial charge in [-0.1, -0.05) is 36.4 Å². The number of rotatable bonds is 7. The minimum Gasteiger partial charge on any atom is -0.459 e. The molecule has 0 radical (unpaired) electrons. The number of hydrogen-bond acceptors (Lipinski definition) is 6. The van der Waals surface area contributed by atoms with Crippen molar-refractivity contribution < 1.29 is 14.3 Å². The van der Waals surface area contributed by atoms with Gasteiger partial charge in [0.05, 0.1) is 17.4 Å². The van der Waals surface area contributed by atoms with Crippen molar-refractivity contribution in [3.63, 3.8) is 0 Å². The zero-order valence-corrected chi connectivity index (χ0v) is 19.8. The van der Waals surface area contributed by atoms with Gasteiger partial charge in [0.15, 0.2) is 0 Å². The van der Waals surface area contributed by atoms with E-state index in [4.69, 9.17) is 4.74 Å². The van der Waals surface area contributed by atoms with Gasteiger partial charge in [0.2, 0.25) is 0 Å². The van der Waals surface area contributed by atoms with E-state index in [1.165, 1.54) is 0 Å². The molecular weight excluding hydrogens is 440 g/mol. The van der Waals surface area contributed by atoms with E-state index < -0.39 is 5.97 Å². The summed E-state index contributed by atoms with van der Waals surface area (Å²) in [6.45, 7) is 5.43. The highest BCUT2D eigenvalue weighted by Gasteiger charge is 2.11. The highest BCUT2D eigenvalue weighted by Crippen LogP contribution is 2.23. The topological polar surface area (TPSA) is 93.2 Å². The summed E-state index contributed by atoms with van der Waals surface area (Å²) in [6.07, 6.45) is -0.195. The van der Waals surface area contributed by atoms with E-state index in [0.29, 0.717) is 28.5 Å². The Labute approximate surface area is 204 Å². The minimum atomic E-state index is -0.396. The molecule has 0 atom stereocenters. The maximum atomic E-state index is 12.8. The average molecular weight is 467 g/mol. The van der Waals surface area contributed by atoms with Crippen LogP contribution in [-0.4, -0.2) is 27.9 Å². The van der Waals surface area contributed by atoms with Crippen LogP contribution < -0.4 is 10.6 Å². The summed E-state index contributed by atoms with van der Waals surface area (Å²) in [4.78, 5) is 33.8. The van der Waals surface area contributed by atoms with E-state index in [1.807, 2.05) is 49.4 Å². The predicted molar refractivity (Wildman–Crippen MR) is 137 cm³/mol. The summed E-state index contributed by atoms with van der Waals surface area (Å²) in [5.74, 6) is 0.614. The maximum Gasteiger partial charge on any atom is 0.338 e. The maximum absolute atomic E-state index is 12.8. The van der Waals surface area contributed by atoms with Crippen LogP contribution in [0.4, 0.5) is 17.2 Å². The predicted octanol–water partition coefficient (Wildman–Crippen LogP) is 6.01. The van der Waals surface area contributed by atoms with E-state index in [9.17, 15) is 9.59 Å². The van der Waals surface area contributed by atoms with E-state index in [1.54, 1.807) is 56.3 Å². The number of hydrogen-bond donors (Lipinski definition) is 2. The monoisotopic (exact) mass is 466 g/mol. The Kier molecular flexibility index (Phi) is 7.16. The molecule has 0 unspecified atom stereocenters. The molecule has 3 aromatic carbocycles. The number of esters is 1. The Balaban J connectivity index is 1.46. The van der Waals surface area contributed by atoms with E-state index in [-0.39, 0.29) is 12.0 Å². The van der Waals surface area contributed by atoms with Gasteiger partial charge in [-0.25, -0.2) is 14.8 Å². The zero-order chi connectivity index (χ0) is 24.8. The first-order valence-electron chi connectivity index (χ1n) is 11.3. The molecule has 0 spiro atoms. The van der Waals surface area contributed by atoms with Gasteiger partial charge in [0.25, 0.3) is 5.91 Å². The standard InChI is InChI=1S/C28H26N4O3/c1-18(2)35-28(34)21-12-14-23(15-13-21)32-27(33)22-10-7-11-24(16-22)31-26-17-25(29-19(3)30-26)20-8-5-4-6-9-20/h4-18H,1-3H3,(H,32,33)(H,29,30,31). The van der Waals surface area contributed by atoms with Crippen LogP contribution in [0.25, 0.3) is 11.3 Å². The number of nitrogens with zero attached hydrogens (tertiary/aromatic N) is 2. The van der Waals surface area contributed by atoms with Crippen LogP contribution in [0.2, 0.25) is 0 Å². The Morgan fingerprint density at radius 1 is 0.800 bits per heavy atom. The molecule has 4 aromatic rings. The third kappa shape index (κ3) is 6.29. The second-order valence-electron chi connectivity index (χ2n) is 8.24. The Hall–Kier alpha value is -4.52. The third-order valence-corrected chi connectivity index (χ3v) is 5.03. The number of anilines is 3. The molecule has 0 saturated carbocycles. The Bertz CT molecular complexity index is 1340. The molecule has 1 heterocycles. The quantitative estimate of drug-likeness (QED) is 0.324. The van der Waals surface area contributed by atoms with E-state index in [0.717, 1.165) is 16.9 Å².